The van der Waals surface area contributed by atoms with Gasteiger partial charge < -0.3 is 4.74 Å². The topological polar surface area (TPSA) is 29.5 Å². The zero-order valence-electron chi connectivity index (χ0n) is 10.3. The Balaban J connectivity index is 2.10. The van der Waals surface area contributed by atoms with Gasteiger partial charge >= 0.3 is 0 Å². The summed E-state index contributed by atoms with van der Waals surface area (Å²) in [6.07, 6.45) is 1.14. The largest absolute Gasteiger partial charge is 0.466 e. The van der Waals surface area contributed by atoms with E-state index in [0.717, 1.165) is 5.69 Å². The van der Waals surface area contributed by atoms with Gasteiger partial charge in [0.05, 0.1) is 5.56 Å². The first-order chi connectivity index (χ1) is 9.31. The number of carbonyl (C=O) groups is 1. The Labute approximate surface area is 111 Å². The molecule has 0 aliphatic carbocycles. The van der Waals surface area contributed by atoms with Crippen LogP contribution in [0.4, 0.5) is 5.69 Å². The normalized spacial score (nSPS) is 17.6. The lowest BCUT2D eigenvalue weighted by Crippen LogP contribution is -2.46. The molecule has 0 saturated carbocycles. The van der Waals surface area contributed by atoms with E-state index in [0.29, 0.717) is 11.3 Å². The fourth-order valence-corrected chi connectivity index (χ4v) is 2.18. The van der Waals surface area contributed by atoms with Gasteiger partial charge in [-0.3, -0.25) is 9.69 Å². The van der Waals surface area contributed by atoms with Crippen molar-refractivity contribution >= 4 is 11.6 Å². The minimum absolute atomic E-state index is 0.0713. The maximum Gasteiger partial charge on any atom is 0.265 e. The molecule has 2 aromatic rings. The van der Waals surface area contributed by atoms with Crippen molar-refractivity contribution in [2.45, 2.75) is 6.23 Å². The van der Waals surface area contributed by atoms with E-state index in [-0.39, 0.29) is 5.91 Å². The first-order valence-corrected chi connectivity index (χ1v) is 6.08. The highest BCUT2D eigenvalue weighted by Gasteiger charge is 2.32. The number of rotatable bonds is 2. The third-order valence-electron chi connectivity index (χ3n) is 3.07. The quantitative estimate of drug-likeness (QED) is 0.767. The van der Waals surface area contributed by atoms with Crippen molar-refractivity contribution in [2.75, 3.05) is 4.90 Å². The SMILES string of the molecule is C=CC1Oc2ccccc2C(=O)N1c1ccccc1. The van der Waals surface area contributed by atoms with Gasteiger partial charge in [-0.1, -0.05) is 36.9 Å². The molecule has 0 radical (unpaired) electrons. The molecule has 1 aliphatic rings. The summed E-state index contributed by atoms with van der Waals surface area (Å²) in [5.74, 6) is 0.530. The minimum atomic E-state index is -0.482. The minimum Gasteiger partial charge on any atom is -0.466 e. The van der Waals surface area contributed by atoms with Crippen molar-refractivity contribution in [1.29, 1.82) is 0 Å². The maximum atomic E-state index is 12.6. The number of carbonyl (C=O) groups excluding carboxylic acids is 1. The highest BCUT2D eigenvalue weighted by molar-refractivity contribution is 6.09. The Morgan fingerprint density at radius 1 is 1.05 bits per heavy atom. The fraction of sp³-hybridized carbons (Fsp3) is 0.0625. The summed E-state index contributed by atoms with van der Waals surface area (Å²) in [5, 5.41) is 0. The van der Waals surface area contributed by atoms with Crippen LogP contribution in [0.5, 0.6) is 5.75 Å². The average molecular weight is 251 g/mol. The Kier molecular flexibility index (Phi) is 2.80. The van der Waals surface area contributed by atoms with Crippen LogP contribution >= 0.6 is 0 Å². The highest BCUT2D eigenvalue weighted by atomic mass is 16.5. The zero-order chi connectivity index (χ0) is 13.2. The van der Waals surface area contributed by atoms with Gasteiger partial charge in [0.1, 0.15) is 5.75 Å². The van der Waals surface area contributed by atoms with Crippen molar-refractivity contribution in [3.63, 3.8) is 0 Å². The molecular formula is C16H13NO2. The second kappa shape index (κ2) is 4.61. The number of hydrogen-bond acceptors (Lipinski definition) is 2. The summed E-state index contributed by atoms with van der Waals surface area (Å²) in [7, 11) is 0. The van der Waals surface area contributed by atoms with E-state index in [1.807, 2.05) is 42.5 Å². The van der Waals surface area contributed by atoms with E-state index in [1.165, 1.54) is 0 Å². The number of ether oxygens (including phenoxy) is 1. The number of amides is 1. The molecule has 0 saturated heterocycles. The second-order valence-electron chi connectivity index (χ2n) is 4.25. The number of nitrogens with zero attached hydrogens (tertiary/aromatic N) is 1. The molecule has 0 N–H and O–H groups in total. The predicted octanol–water partition coefficient (Wildman–Crippen LogP) is 3.24. The molecule has 1 atom stereocenters. The van der Waals surface area contributed by atoms with Crippen LogP contribution < -0.4 is 9.64 Å². The molecule has 1 amide bonds. The predicted molar refractivity (Wildman–Crippen MR) is 74.3 cm³/mol. The molecule has 94 valence electrons. The van der Waals surface area contributed by atoms with Gasteiger partial charge in [-0.15, -0.1) is 0 Å². The molecule has 0 bridgehead atoms. The first kappa shape index (κ1) is 11.5. The molecule has 0 aromatic heterocycles. The number of anilines is 1. The number of benzene rings is 2. The summed E-state index contributed by atoms with van der Waals surface area (Å²) in [6, 6.07) is 16.7. The van der Waals surface area contributed by atoms with E-state index < -0.39 is 6.23 Å². The van der Waals surface area contributed by atoms with Gasteiger partial charge in [-0.25, -0.2) is 0 Å². The Bertz CT molecular complexity index is 622. The molecule has 19 heavy (non-hydrogen) atoms. The molecule has 2 aromatic carbocycles. The van der Waals surface area contributed by atoms with Gasteiger partial charge in [-0.2, -0.15) is 0 Å². The van der Waals surface area contributed by atoms with E-state index in [4.69, 9.17) is 4.74 Å². The third-order valence-corrected chi connectivity index (χ3v) is 3.07. The van der Waals surface area contributed by atoms with Crippen LogP contribution in [0, 0.1) is 0 Å². The van der Waals surface area contributed by atoms with Crippen LogP contribution in [-0.4, -0.2) is 12.1 Å². The Morgan fingerprint density at radius 2 is 1.74 bits per heavy atom. The molecule has 3 heteroatoms. The van der Waals surface area contributed by atoms with E-state index in [9.17, 15) is 4.79 Å². The standard InChI is InChI=1S/C16H13NO2/c1-2-15-17(12-8-4-3-5-9-12)16(18)13-10-6-7-11-14(13)19-15/h2-11,15H,1H2. The van der Waals surface area contributed by atoms with E-state index >= 15 is 0 Å². The maximum absolute atomic E-state index is 12.6. The van der Waals surface area contributed by atoms with Crippen LogP contribution in [0.25, 0.3) is 0 Å². The monoisotopic (exact) mass is 251 g/mol. The summed E-state index contributed by atoms with van der Waals surface area (Å²) >= 11 is 0. The van der Waals surface area contributed by atoms with Crippen molar-refractivity contribution in [3.8, 4) is 5.75 Å². The summed E-state index contributed by atoms with van der Waals surface area (Å²) in [5.41, 5.74) is 1.37. The molecule has 0 fully saturated rings. The zero-order valence-corrected chi connectivity index (χ0v) is 10.3. The highest BCUT2D eigenvalue weighted by Crippen LogP contribution is 2.31. The molecule has 3 rings (SSSR count). The molecule has 1 unspecified atom stereocenters. The molecular weight excluding hydrogens is 238 g/mol. The van der Waals surface area contributed by atoms with Crippen molar-refractivity contribution < 1.29 is 9.53 Å². The summed E-state index contributed by atoms with van der Waals surface area (Å²) < 4.78 is 5.81. The van der Waals surface area contributed by atoms with Gasteiger partial charge in [0.15, 0.2) is 6.23 Å². The lowest BCUT2D eigenvalue weighted by molar-refractivity contribution is 0.0899. The van der Waals surface area contributed by atoms with Crippen LogP contribution in [-0.2, 0) is 0 Å². The van der Waals surface area contributed by atoms with Crippen molar-refractivity contribution in [1.82, 2.24) is 0 Å². The van der Waals surface area contributed by atoms with E-state index in [1.54, 1.807) is 23.1 Å². The summed E-state index contributed by atoms with van der Waals surface area (Å²) in [4.78, 5) is 14.2. The fourth-order valence-electron chi connectivity index (χ4n) is 2.18. The third kappa shape index (κ3) is 1.89. The smallest absolute Gasteiger partial charge is 0.265 e. The number of para-hydroxylation sites is 2. The lowest BCUT2D eigenvalue weighted by atomic mass is 10.1. The van der Waals surface area contributed by atoms with Crippen molar-refractivity contribution in [3.05, 3.63) is 72.8 Å². The first-order valence-electron chi connectivity index (χ1n) is 6.08. The van der Waals surface area contributed by atoms with Crippen LogP contribution in [0.1, 0.15) is 10.4 Å². The molecule has 1 heterocycles. The van der Waals surface area contributed by atoms with Gasteiger partial charge in [-0.05, 0) is 30.3 Å². The number of fused-ring (bicyclic) bond motifs is 1. The number of hydrogen-bond donors (Lipinski definition) is 0. The van der Waals surface area contributed by atoms with Gasteiger partial charge in [0.25, 0.3) is 5.91 Å². The van der Waals surface area contributed by atoms with Crippen LogP contribution in [0.15, 0.2) is 67.3 Å². The van der Waals surface area contributed by atoms with E-state index in [2.05, 4.69) is 6.58 Å². The Morgan fingerprint density at radius 3 is 2.47 bits per heavy atom. The van der Waals surface area contributed by atoms with Crippen LogP contribution in [0.3, 0.4) is 0 Å². The molecule has 0 spiro atoms. The van der Waals surface area contributed by atoms with Gasteiger partial charge in [0.2, 0.25) is 0 Å². The molecule has 1 aliphatic heterocycles. The van der Waals surface area contributed by atoms with Gasteiger partial charge in [0, 0.05) is 5.69 Å². The Hall–Kier alpha value is -2.55. The second-order valence-corrected chi connectivity index (χ2v) is 4.25. The average Bonchev–Trinajstić information content (AvgIpc) is 2.48. The van der Waals surface area contributed by atoms with Crippen LogP contribution in [0.2, 0.25) is 0 Å². The van der Waals surface area contributed by atoms with Crippen molar-refractivity contribution in [2.24, 2.45) is 0 Å². The summed E-state index contributed by atoms with van der Waals surface area (Å²) in [6.45, 7) is 3.75. The molecule has 3 nitrogen and oxygen atoms in total. The lowest BCUT2D eigenvalue weighted by Gasteiger charge is -2.34.